The summed E-state index contributed by atoms with van der Waals surface area (Å²) < 4.78 is 28.2. The summed E-state index contributed by atoms with van der Waals surface area (Å²) in [6, 6.07) is 3.28. The Kier molecular flexibility index (Phi) is 3.72. The lowest BCUT2D eigenvalue weighted by Gasteiger charge is -2.30. The molecule has 2 heterocycles. The highest BCUT2D eigenvalue weighted by atomic mass is 32.2. The van der Waals surface area contributed by atoms with Gasteiger partial charge < -0.3 is 5.73 Å². The Hall–Kier alpha value is -1.34. The molecule has 1 aromatic heterocycles. The average molecular weight is 270 g/mol. The minimum Gasteiger partial charge on any atom is -0.396 e. The number of pyridine rings is 1. The van der Waals surface area contributed by atoms with Crippen molar-refractivity contribution in [2.24, 2.45) is 5.92 Å². The molecule has 1 unspecified atom stereocenters. The van der Waals surface area contributed by atoms with E-state index in [9.17, 15) is 8.42 Å². The van der Waals surface area contributed by atoms with E-state index in [2.05, 4.69) is 16.6 Å². The molecule has 1 aliphatic heterocycles. The summed E-state index contributed by atoms with van der Waals surface area (Å²) in [6.45, 7) is 3.14. The van der Waals surface area contributed by atoms with E-state index in [0.29, 0.717) is 24.7 Å². The summed E-state index contributed by atoms with van der Waals surface area (Å²) in [7, 11) is -3.55. The monoisotopic (exact) mass is 270 g/mol. The molecule has 1 fully saturated rings. The van der Waals surface area contributed by atoms with Crippen LogP contribution in [0, 0.1) is 5.92 Å². The Balaban J connectivity index is 2.14. The van der Waals surface area contributed by atoms with Gasteiger partial charge in [-0.1, -0.05) is 6.92 Å². The van der Waals surface area contributed by atoms with Crippen LogP contribution < -0.4 is 10.5 Å². The zero-order valence-electron chi connectivity index (χ0n) is 10.3. The van der Waals surface area contributed by atoms with Crippen LogP contribution in [0.15, 0.2) is 18.3 Å². The first-order valence-corrected chi connectivity index (χ1v) is 7.41. The molecule has 6 nitrogen and oxygen atoms in total. The van der Waals surface area contributed by atoms with E-state index in [1.165, 1.54) is 10.5 Å². The third kappa shape index (κ3) is 2.91. The van der Waals surface area contributed by atoms with Gasteiger partial charge in [-0.25, -0.2) is 4.98 Å². The third-order valence-corrected chi connectivity index (χ3v) is 4.49. The number of hydrogen-bond donors (Lipinski definition) is 2. The molecule has 2 rings (SSSR count). The van der Waals surface area contributed by atoms with E-state index < -0.39 is 10.2 Å². The zero-order valence-corrected chi connectivity index (χ0v) is 11.2. The fourth-order valence-corrected chi connectivity index (χ4v) is 3.42. The van der Waals surface area contributed by atoms with Crippen molar-refractivity contribution in [2.45, 2.75) is 19.8 Å². The molecule has 18 heavy (non-hydrogen) atoms. The molecular weight excluding hydrogens is 252 g/mol. The smallest absolute Gasteiger partial charge is 0.302 e. The number of hydrogen-bond acceptors (Lipinski definition) is 4. The highest BCUT2D eigenvalue weighted by Crippen LogP contribution is 2.21. The van der Waals surface area contributed by atoms with Crippen LogP contribution in [0.1, 0.15) is 19.8 Å². The predicted octanol–water partition coefficient (Wildman–Crippen LogP) is 1.05. The van der Waals surface area contributed by atoms with E-state index in [1.807, 2.05) is 0 Å². The molecule has 7 heteroatoms. The van der Waals surface area contributed by atoms with Gasteiger partial charge in [0.15, 0.2) is 5.82 Å². The van der Waals surface area contributed by atoms with Crippen molar-refractivity contribution < 1.29 is 8.42 Å². The number of rotatable bonds is 3. The van der Waals surface area contributed by atoms with E-state index >= 15 is 0 Å². The van der Waals surface area contributed by atoms with Crippen LogP contribution in [-0.2, 0) is 10.2 Å². The van der Waals surface area contributed by atoms with Gasteiger partial charge in [-0.3, -0.25) is 4.72 Å². The highest BCUT2D eigenvalue weighted by molar-refractivity contribution is 7.90. The fourth-order valence-electron chi connectivity index (χ4n) is 2.05. The lowest BCUT2D eigenvalue weighted by molar-refractivity contribution is 0.282. The topological polar surface area (TPSA) is 88.3 Å². The van der Waals surface area contributed by atoms with Crippen LogP contribution >= 0.6 is 0 Å². The number of nitrogens with zero attached hydrogens (tertiary/aromatic N) is 2. The molecule has 0 saturated carbocycles. The summed E-state index contributed by atoms with van der Waals surface area (Å²) >= 11 is 0. The molecule has 100 valence electrons. The molecule has 1 aliphatic rings. The molecular formula is C11H18N4O2S. The predicted molar refractivity (Wildman–Crippen MR) is 71.2 cm³/mol. The standard InChI is InChI=1S/C11H18N4O2S/c1-9-4-3-7-15(8-9)18(16,17)14-11-10(12)5-2-6-13-11/h2,5-6,9H,3-4,7-8,12H2,1H3,(H,13,14). The molecule has 0 amide bonds. The van der Waals surface area contributed by atoms with Crippen molar-refractivity contribution in [3.63, 3.8) is 0 Å². The van der Waals surface area contributed by atoms with Crippen molar-refractivity contribution in [1.29, 1.82) is 0 Å². The number of nitrogen functional groups attached to an aromatic ring is 1. The summed E-state index contributed by atoms with van der Waals surface area (Å²) in [4.78, 5) is 3.94. The highest BCUT2D eigenvalue weighted by Gasteiger charge is 2.27. The lowest BCUT2D eigenvalue weighted by atomic mass is 10.0. The normalized spacial score (nSPS) is 21.7. The number of piperidine rings is 1. The molecule has 1 aromatic rings. The van der Waals surface area contributed by atoms with Crippen LogP contribution in [0.5, 0.6) is 0 Å². The second kappa shape index (κ2) is 5.11. The maximum Gasteiger partial charge on any atom is 0.302 e. The quantitative estimate of drug-likeness (QED) is 0.859. The van der Waals surface area contributed by atoms with Crippen molar-refractivity contribution in [2.75, 3.05) is 23.5 Å². The Morgan fingerprint density at radius 2 is 2.33 bits per heavy atom. The van der Waals surface area contributed by atoms with Gasteiger partial charge in [0.2, 0.25) is 0 Å². The van der Waals surface area contributed by atoms with Crippen LogP contribution in [-0.4, -0.2) is 30.8 Å². The Morgan fingerprint density at radius 1 is 1.56 bits per heavy atom. The summed E-state index contributed by atoms with van der Waals surface area (Å²) in [5, 5.41) is 0. The first-order chi connectivity index (χ1) is 8.49. The maximum atomic E-state index is 12.2. The van der Waals surface area contributed by atoms with Crippen LogP contribution in [0.3, 0.4) is 0 Å². The largest absolute Gasteiger partial charge is 0.396 e. The molecule has 0 radical (unpaired) electrons. The van der Waals surface area contributed by atoms with Crippen LogP contribution in [0.4, 0.5) is 11.5 Å². The molecule has 1 saturated heterocycles. The second-order valence-corrected chi connectivity index (χ2v) is 6.32. The summed E-state index contributed by atoms with van der Waals surface area (Å²) in [5.41, 5.74) is 6.00. The minimum absolute atomic E-state index is 0.190. The molecule has 0 aliphatic carbocycles. The summed E-state index contributed by atoms with van der Waals surface area (Å²) in [6.07, 6.45) is 3.46. The van der Waals surface area contributed by atoms with Crippen molar-refractivity contribution in [3.05, 3.63) is 18.3 Å². The van der Waals surface area contributed by atoms with E-state index in [0.717, 1.165) is 12.8 Å². The second-order valence-electron chi connectivity index (χ2n) is 4.65. The Morgan fingerprint density at radius 3 is 3.00 bits per heavy atom. The van der Waals surface area contributed by atoms with E-state index in [4.69, 9.17) is 5.73 Å². The lowest BCUT2D eigenvalue weighted by Crippen LogP contribution is -2.42. The van der Waals surface area contributed by atoms with Gasteiger partial charge in [0.05, 0.1) is 5.69 Å². The van der Waals surface area contributed by atoms with Gasteiger partial charge in [-0.05, 0) is 30.9 Å². The fraction of sp³-hybridized carbons (Fsp3) is 0.545. The van der Waals surface area contributed by atoms with Gasteiger partial charge in [0, 0.05) is 19.3 Å². The molecule has 0 spiro atoms. The number of nitrogens with two attached hydrogens (primary N) is 1. The van der Waals surface area contributed by atoms with Crippen molar-refractivity contribution in [1.82, 2.24) is 9.29 Å². The summed E-state index contributed by atoms with van der Waals surface area (Å²) in [5.74, 6) is 0.576. The van der Waals surface area contributed by atoms with E-state index in [-0.39, 0.29) is 5.82 Å². The van der Waals surface area contributed by atoms with Gasteiger partial charge >= 0.3 is 10.2 Å². The maximum absolute atomic E-state index is 12.2. The number of nitrogens with one attached hydrogen (secondary N) is 1. The first-order valence-electron chi connectivity index (χ1n) is 5.97. The van der Waals surface area contributed by atoms with Crippen molar-refractivity contribution in [3.8, 4) is 0 Å². The van der Waals surface area contributed by atoms with Crippen LogP contribution in [0.25, 0.3) is 0 Å². The van der Waals surface area contributed by atoms with Crippen molar-refractivity contribution >= 4 is 21.7 Å². The Bertz CT molecular complexity index is 518. The number of anilines is 2. The van der Waals surface area contributed by atoms with Gasteiger partial charge in [0.25, 0.3) is 0 Å². The number of aromatic nitrogens is 1. The molecule has 0 bridgehead atoms. The zero-order chi connectivity index (χ0) is 13.2. The molecule has 3 N–H and O–H groups in total. The SMILES string of the molecule is CC1CCCN(S(=O)(=O)Nc2ncccc2N)C1. The van der Waals surface area contributed by atoms with Gasteiger partial charge in [-0.2, -0.15) is 12.7 Å². The van der Waals surface area contributed by atoms with E-state index in [1.54, 1.807) is 12.1 Å². The molecule has 0 aromatic carbocycles. The van der Waals surface area contributed by atoms with Gasteiger partial charge in [0.1, 0.15) is 0 Å². The first kappa shape index (κ1) is 13.1. The minimum atomic E-state index is -3.55. The Labute approximate surface area is 107 Å². The van der Waals surface area contributed by atoms with Gasteiger partial charge in [-0.15, -0.1) is 0 Å². The third-order valence-electron chi connectivity index (χ3n) is 3.02. The molecule has 1 atom stereocenters. The average Bonchev–Trinajstić information content (AvgIpc) is 2.32. The van der Waals surface area contributed by atoms with Crippen LogP contribution in [0.2, 0.25) is 0 Å².